The van der Waals surface area contributed by atoms with Crippen LogP contribution in [-0.4, -0.2) is 0 Å². The average molecular weight is 220 g/mol. The minimum Gasteiger partial charge on any atom is -0.0625 e. The average Bonchev–Trinajstić information content (AvgIpc) is 3.00. The molecular formula is C16H28. The van der Waals surface area contributed by atoms with Crippen LogP contribution in [0, 0.1) is 40.4 Å². The van der Waals surface area contributed by atoms with Gasteiger partial charge in [-0.15, -0.1) is 0 Å². The molecule has 6 unspecified atom stereocenters. The summed E-state index contributed by atoms with van der Waals surface area (Å²) in [4.78, 5) is 0. The van der Waals surface area contributed by atoms with E-state index in [4.69, 9.17) is 0 Å². The summed E-state index contributed by atoms with van der Waals surface area (Å²) in [6.07, 6.45) is 6.07. The predicted octanol–water partition coefficient (Wildman–Crippen LogP) is 4.74. The molecule has 3 rings (SSSR count). The van der Waals surface area contributed by atoms with E-state index in [-0.39, 0.29) is 0 Å². The Morgan fingerprint density at radius 1 is 1.12 bits per heavy atom. The zero-order chi connectivity index (χ0) is 11.7. The number of rotatable bonds is 2. The van der Waals surface area contributed by atoms with Gasteiger partial charge in [-0.1, -0.05) is 53.9 Å². The highest BCUT2D eigenvalue weighted by Crippen LogP contribution is 2.94. The fourth-order valence-corrected chi connectivity index (χ4v) is 5.63. The highest BCUT2D eigenvalue weighted by molar-refractivity contribution is 5.37. The van der Waals surface area contributed by atoms with E-state index in [0.717, 1.165) is 35.0 Å². The molecule has 0 aromatic heterocycles. The maximum atomic E-state index is 2.58. The molecular weight excluding hydrogens is 192 g/mol. The lowest BCUT2D eigenvalue weighted by Gasteiger charge is -2.37. The summed E-state index contributed by atoms with van der Waals surface area (Å²) >= 11 is 0. The van der Waals surface area contributed by atoms with Crippen molar-refractivity contribution in [2.75, 3.05) is 0 Å². The molecule has 0 N–H and O–H groups in total. The van der Waals surface area contributed by atoms with E-state index in [9.17, 15) is 0 Å². The molecule has 0 aromatic rings. The summed E-state index contributed by atoms with van der Waals surface area (Å²) in [7, 11) is 0. The van der Waals surface area contributed by atoms with Crippen molar-refractivity contribution < 1.29 is 0 Å². The van der Waals surface area contributed by atoms with E-state index in [0.29, 0.717) is 5.41 Å². The van der Waals surface area contributed by atoms with Gasteiger partial charge >= 0.3 is 0 Å². The molecule has 3 aliphatic carbocycles. The van der Waals surface area contributed by atoms with Gasteiger partial charge in [-0.05, 0) is 46.8 Å². The smallest absolute Gasteiger partial charge is 0.0196 e. The van der Waals surface area contributed by atoms with E-state index in [1.54, 1.807) is 0 Å². The van der Waals surface area contributed by atoms with E-state index < -0.39 is 0 Å². The maximum Gasteiger partial charge on any atom is -0.0196 e. The normalized spacial score (nSPS) is 59.6. The molecule has 0 nitrogen and oxygen atoms in total. The van der Waals surface area contributed by atoms with Gasteiger partial charge in [-0.2, -0.15) is 0 Å². The summed E-state index contributed by atoms with van der Waals surface area (Å²) in [6, 6.07) is 0. The van der Waals surface area contributed by atoms with Crippen LogP contribution in [0.3, 0.4) is 0 Å². The van der Waals surface area contributed by atoms with Gasteiger partial charge in [-0.25, -0.2) is 0 Å². The second-order valence-corrected chi connectivity index (χ2v) is 7.76. The molecule has 3 fully saturated rings. The molecule has 0 heterocycles. The van der Waals surface area contributed by atoms with Crippen LogP contribution >= 0.6 is 0 Å². The lowest BCUT2D eigenvalue weighted by atomic mass is 9.68. The molecule has 0 radical (unpaired) electrons. The van der Waals surface area contributed by atoms with E-state index in [2.05, 4.69) is 34.6 Å². The molecule has 16 heavy (non-hydrogen) atoms. The first-order valence-electron chi connectivity index (χ1n) is 7.44. The van der Waals surface area contributed by atoms with Crippen molar-refractivity contribution >= 4 is 0 Å². The third-order valence-corrected chi connectivity index (χ3v) is 7.00. The van der Waals surface area contributed by atoms with Gasteiger partial charge in [-0.3, -0.25) is 0 Å². The highest BCUT2D eigenvalue weighted by atomic mass is 14.9. The molecule has 0 heteroatoms. The third-order valence-electron chi connectivity index (χ3n) is 7.00. The first-order chi connectivity index (χ1) is 7.44. The molecule has 6 atom stereocenters. The Kier molecular flexibility index (Phi) is 2.12. The Morgan fingerprint density at radius 3 is 2.25 bits per heavy atom. The monoisotopic (exact) mass is 220 g/mol. The summed E-state index contributed by atoms with van der Waals surface area (Å²) in [5, 5.41) is 0. The summed E-state index contributed by atoms with van der Waals surface area (Å²) < 4.78 is 0. The summed E-state index contributed by atoms with van der Waals surface area (Å²) in [5.74, 6) is 5.19. The second-order valence-electron chi connectivity index (χ2n) is 7.76. The maximum absolute atomic E-state index is 2.58. The lowest BCUT2D eigenvalue weighted by Crippen LogP contribution is -2.30. The minimum atomic E-state index is 0.707. The van der Waals surface area contributed by atoms with Gasteiger partial charge in [0.25, 0.3) is 0 Å². The predicted molar refractivity (Wildman–Crippen MR) is 69.2 cm³/mol. The lowest BCUT2D eigenvalue weighted by molar-refractivity contribution is 0.115. The largest absolute Gasteiger partial charge is 0.0625 e. The molecule has 0 spiro atoms. The van der Waals surface area contributed by atoms with Crippen LogP contribution in [0.2, 0.25) is 0 Å². The Bertz CT molecular complexity index is 303. The Hall–Kier alpha value is 0. The van der Waals surface area contributed by atoms with Gasteiger partial charge < -0.3 is 0 Å². The first-order valence-corrected chi connectivity index (χ1v) is 7.44. The highest BCUT2D eigenvalue weighted by Gasteiger charge is 2.91. The zero-order valence-electron chi connectivity index (χ0n) is 11.7. The van der Waals surface area contributed by atoms with Crippen molar-refractivity contribution in [3.63, 3.8) is 0 Å². The zero-order valence-corrected chi connectivity index (χ0v) is 11.7. The molecule has 3 saturated carbocycles. The quantitative estimate of drug-likeness (QED) is 0.630. The number of hydrogen-bond acceptors (Lipinski definition) is 0. The van der Waals surface area contributed by atoms with Gasteiger partial charge in [0.05, 0.1) is 0 Å². The van der Waals surface area contributed by atoms with Crippen LogP contribution in [0.15, 0.2) is 0 Å². The van der Waals surface area contributed by atoms with Crippen molar-refractivity contribution in [3.05, 3.63) is 0 Å². The molecule has 0 aliphatic heterocycles. The van der Waals surface area contributed by atoms with Crippen molar-refractivity contribution in [1.29, 1.82) is 0 Å². The fourth-order valence-electron chi connectivity index (χ4n) is 5.63. The number of fused-ring (bicyclic) bond motifs is 1. The third kappa shape index (κ3) is 1.07. The SMILES string of the molecule is CC1CCCC(C2C3C(C)(C(C)C)C23C)C1. The first kappa shape index (κ1) is 11.1. The van der Waals surface area contributed by atoms with E-state index in [1.807, 2.05) is 0 Å². The van der Waals surface area contributed by atoms with Crippen LogP contribution in [0.4, 0.5) is 0 Å². The van der Waals surface area contributed by atoms with Crippen molar-refractivity contribution in [3.8, 4) is 0 Å². The molecule has 0 amide bonds. The molecule has 0 aromatic carbocycles. The molecule has 3 aliphatic rings. The van der Waals surface area contributed by atoms with Gasteiger partial charge in [0, 0.05) is 0 Å². The van der Waals surface area contributed by atoms with Crippen LogP contribution in [0.1, 0.15) is 60.3 Å². The molecule has 0 saturated heterocycles. The number of hydrogen-bond donors (Lipinski definition) is 0. The Labute approximate surface area is 101 Å². The van der Waals surface area contributed by atoms with Crippen molar-refractivity contribution in [2.24, 2.45) is 40.4 Å². The molecule has 92 valence electrons. The van der Waals surface area contributed by atoms with Gasteiger partial charge in [0.15, 0.2) is 0 Å². The summed E-state index contributed by atoms with van der Waals surface area (Å²) in [5.41, 5.74) is 1.46. The van der Waals surface area contributed by atoms with Crippen LogP contribution in [0.5, 0.6) is 0 Å². The Morgan fingerprint density at radius 2 is 1.75 bits per heavy atom. The van der Waals surface area contributed by atoms with Gasteiger partial charge in [0.1, 0.15) is 0 Å². The minimum absolute atomic E-state index is 0.707. The van der Waals surface area contributed by atoms with Crippen LogP contribution in [-0.2, 0) is 0 Å². The van der Waals surface area contributed by atoms with Gasteiger partial charge in [0.2, 0.25) is 0 Å². The van der Waals surface area contributed by atoms with Crippen LogP contribution in [0.25, 0.3) is 0 Å². The van der Waals surface area contributed by atoms with E-state index >= 15 is 0 Å². The second kappa shape index (κ2) is 3.06. The van der Waals surface area contributed by atoms with Crippen molar-refractivity contribution in [2.45, 2.75) is 60.3 Å². The topological polar surface area (TPSA) is 0 Å². The molecule has 0 bridgehead atoms. The van der Waals surface area contributed by atoms with Crippen LogP contribution < -0.4 is 0 Å². The standard InChI is InChI=1S/C16H28/c1-10(2)15(4)14-13(16(14,15)5)12-8-6-7-11(3)9-12/h10-14H,6-9H2,1-5H3. The fraction of sp³-hybridized carbons (Fsp3) is 1.00. The Balaban J connectivity index is 1.66. The van der Waals surface area contributed by atoms with Crippen molar-refractivity contribution in [1.82, 2.24) is 0 Å². The van der Waals surface area contributed by atoms with E-state index in [1.165, 1.54) is 25.7 Å². The summed E-state index contributed by atoms with van der Waals surface area (Å²) in [6.45, 7) is 12.5.